The first-order valence-electron chi connectivity index (χ1n) is 3.92. The number of ether oxygens (including phenoxy) is 2. The van der Waals surface area contributed by atoms with E-state index in [0.717, 1.165) is 0 Å². The van der Waals surface area contributed by atoms with Gasteiger partial charge in [0.05, 0.1) is 13.2 Å². The van der Waals surface area contributed by atoms with Gasteiger partial charge < -0.3 is 14.6 Å². The molecule has 1 saturated heterocycles. The lowest BCUT2D eigenvalue weighted by Gasteiger charge is -2.24. The first-order valence-corrected chi connectivity index (χ1v) is 3.92. The molecular formula is C8H16O3. The first kappa shape index (κ1) is 8.97. The van der Waals surface area contributed by atoms with E-state index in [4.69, 9.17) is 14.6 Å². The zero-order valence-electron chi connectivity index (χ0n) is 7.33. The lowest BCUT2D eigenvalue weighted by Crippen LogP contribution is -2.28. The molecule has 1 fully saturated rings. The molecule has 3 heteroatoms. The van der Waals surface area contributed by atoms with Crippen LogP contribution in [0.5, 0.6) is 0 Å². The molecule has 0 aliphatic carbocycles. The van der Waals surface area contributed by atoms with Crippen LogP contribution in [0.2, 0.25) is 0 Å². The normalized spacial score (nSPS) is 32.7. The fourth-order valence-electron chi connectivity index (χ4n) is 0.998. The smallest absolute Gasteiger partial charge is 0.163 e. The third-order valence-electron chi connectivity index (χ3n) is 1.66. The van der Waals surface area contributed by atoms with Crippen molar-refractivity contribution in [1.82, 2.24) is 0 Å². The number of rotatable bonds is 1. The molecule has 11 heavy (non-hydrogen) atoms. The summed E-state index contributed by atoms with van der Waals surface area (Å²) in [5.41, 5.74) is 0.00389. The minimum atomic E-state index is -0.167. The number of aliphatic hydroxyl groups excluding tert-OH is 1. The van der Waals surface area contributed by atoms with Crippen LogP contribution in [0.3, 0.4) is 0 Å². The molecule has 0 amide bonds. The number of hydrogen-bond donors (Lipinski definition) is 1. The Balaban J connectivity index is 2.42. The van der Waals surface area contributed by atoms with Crippen LogP contribution in [0.25, 0.3) is 0 Å². The summed E-state index contributed by atoms with van der Waals surface area (Å²) in [5, 5.41) is 8.74. The van der Waals surface area contributed by atoms with Crippen LogP contribution >= 0.6 is 0 Å². The minimum absolute atomic E-state index is 0.00389. The van der Waals surface area contributed by atoms with Gasteiger partial charge in [0.2, 0.25) is 0 Å². The third kappa shape index (κ3) is 2.15. The summed E-state index contributed by atoms with van der Waals surface area (Å²) in [7, 11) is 0. The predicted octanol–water partition coefficient (Wildman–Crippen LogP) is 0.766. The summed E-state index contributed by atoms with van der Waals surface area (Å²) < 4.78 is 10.7. The van der Waals surface area contributed by atoms with E-state index in [9.17, 15) is 0 Å². The van der Waals surface area contributed by atoms with Crippen LogP contribution in [0.1, 0.15) is 20.8 Å². The molecular weight excluding hydrogens is 144 g/mol. The van der Waals surface area contributed by atoms with Crippen molar-refractivity contribution in [3.8, 4) is 0 Å². The van der Waals surface area contributed by atoms with Crippen LogP contribution in [-0.4, -0.2) is 30.7 Å². The molecule has 1 rings (SSSR count). The third-order valence-corrected chi connectivity index (χ3v) is 1.66. The SMILES string of the molecule is CC(C)(C)[C@@H]1OC[C@@H](CO)O1. The highest BCUT2D eigenvalue weighted by atomic mass is 16.7. The molecule has 0 aromatic rings. The highest BCUT2D eigenvalue weighted by molar-refractivity contribution is 4.73. The summed E-state index contributed by atoms with van der Waals surface area (Å²) in [6, 6.07) is 0. The zero-order chi connectivity index (χ0) is 8.48. The van der Waals surface area contributed by atoms with Crippen LogP contribution in [0.4, 0.5) is 0 Å². The van der Waals surface area contributed by atoms with Crippen molar-refractivity contribution in [3.63, 3.8) is 0 Å². The van der Waals surface area contributed by atoms with Crippen LogP contribution in [0.15, 0.2) is 0 Å². The maximum Gasteiger partial charge on any atom is 0.163 e. The minimum Gasteiger partial charge on any atom is -0.394 e. The van der Waals surface area contributed by atoms with E-state index in [1.54, 1.807) is 0 Å². The highest BCUT2D eigenvalue weighted by Crippen LogP contribution is 2.28. The molecule has 0 saturated carbocycles. The van der Waals surface area contributed by atoms with Crippen molar-refractivity contribution in [2.45, 2.75) is 33.2 Å². The molecule has 1 N–H and O–H groups in total. The Morgan fingerprint density at radius 3 is 2.36 bits per heavy atom. The summed E-state index contributed by atoms with van der Waals surface area (Å²) in [5.74, 6) is 0. The summed E-state index contributed by atoms with van der Waals surface area (Å²) in [6.07, 6.45) is -0.293. The van der Waals surface area contributed by atoms with Gasteiger partial charge in [0.1, 0.15) is 6.10 Å². The Kier molecular flexibility index (Phi) is 2.52. The Morgan fingerprint density at radius 1 is 1.45 bits per heavy atom. The Bertz CT molecular complexity index is 128. The quantitative estimate of drug-likeness (QED) is 0.615. The number of hydrogen-bond acceptors (Lipinski definition) is 3. The zero-order valence-corrected chi connectivity index (χ0v) is 7.33. The Hall–Kier alpha value is -0.120. The average Bonchev–Trinajstić information content (AvgIpc) is 2.32. The van der Waals surface area contributed by atoms with E-state index in [-0.39, 0.29) is 24.4 Å². The Morgan fingerprint density at radius 2 is 2.09 bits per heavy atom. The van der Waals surface area contributed by atoms with E-state index in [0.29, 0.717) is 6.61 Å². The van der Waals surface area contributed by atoms with Crippen molar-refractivity contribution in [2.24, 2.45) is 5.41 Å². The van der Waals surface area contributed by atoms with Crippen molar-refractivity contribution in [3.05, 3.63) is 0 Å². The summed E-state index contributed by atoms with van der Waals surface area (Å²) >= 11 is 0. The van der Waals surface area contributed by atoms with Gasteiger partial charge in [-0.2, -0.15) is 0 Å². The molecule has 3 nitrogen and oxygen atoms in total. The largest absolute Gasteiger partial charge is 0.394 e. The van der Waals surface area contributed by atoms with Gasteiger partial charge in [-0.3, -0.25) is 0 Å². The van der Waals surface area contributed by atoms with Crippen molar-refractivity contribution < 1.29 is 14.6 Å². The van der Waals surface area contributed by atoms with Gasteiger partial charge in [-0.15, -0.1) is 0 Å². The van der Waals surface area contributed by atoms with E-state index in [1.807, 2.05) is 0 Å². The van der Waals surface area contributed by atoms with Gasteiger partial charge in [0.25, 0.3) is 0 Å². The van der Waals surface area contributed by atoms with Gasteiger partial charge in [-0.25, -0.2) is 0 Å². The maximum absolute atomic E-state index is 8.74. The van der Waals surface area contributed by atoms with Gasteiger partial charge in [-0.05, 0) is 0 Å². The fraction of sp³-hybridized carbons (Fsp3) is 1.00. The van der Waals surface area contributed by atoms with Crippen LogP contribution in [-0.2, 0) is 9.47 Å². The molecule has 0 aromatic heterocycles. The Labute approximate surface area is 67.3 Å². The molecule has 1 heterocycles. The second-order valence-corrected chi connectivity index (χ2v) is 3.97. The fourth-order valence-corrected chi connectivity index (χ4v) is 0.998. The molecule has 1 aliphatic rings. The van der Waals surface area contributed by atoms with Crippen molar-refractivity contribution in [2.75, 3.05) is 13.2 Å². The van der Waals surface area contributed by atoms with Crippen LogP contribution < -0.4 is 0 Å². The van der Waals surface area contributed by atoms with E-state index in [2.05, 4.69) is 20.8 Å². The van der Waals surface area contributed by atoms with E-state index >= 15 is 0 Å². The van der Waals surface area contributed by atoms with Crippen molar-refractivity contribution >= 4 is 0 Å². The van der Waals surface area contributed by atoms with Gasteiger partial charge in [-0.1, -0.05) is 20.8 Å². The second-order valence-electron chi connectivity index (χ2n) is 3.97. The second kappa shape index (κ2) is 3.09. The molecule has 0 spiro atoms. The molecule has 0 unspecified atom stereocenters. The average molecular weight is 160 g/mol. The molecule has 0 aromatic carbocycles. The maximum atomic E-state index is 8.74. The van der Waals surface area contributed by atoms with Crippen LogP contribution in [0, 0.1) is 5.41 Å². The summed E-state index contributed by atoms with van der Waals surface area (Å²) in [4.78, 5) is 0. The van der Waals surface area contributed by atoms with Gasteiger partial charge >= 0.3 is 0 Å². The molecule has 66 valence electrons. The van der Waals surface area contributed by atoms with E-state index < -0.39 is 0 Å². The predicted molar refractivity (Wildman–Crippen MR) is 41.2 cm³/mol. The monoisotopic (exact) mass is 160 g/mol. The number of aliphatic hydroxyl groups is 1. The summed E-state index contributed by atoms with van der Waals surface area (Å²) in [6.45, 7) is 6.72. The highest BCUT2D eigenvalue weighted by Gasteiger charge is 2.34. The standard InChI is InChI=1S/C8H16O3/c1-8(2,3)7-10-5-6(4-9)11-7/h6-7,9H,4-5H2,1-3H3/t6-,7-/m1/s1. The lowest BCUT2D eigenvalue weighted by molar-refractivity contribution is -0.128. The van der Waals surface area contributed by atoms with Gasteiger partial charge in [0, 0.05) is 5.41 Å². The van der Waals surface area contributed by atoms with Crippen molar-refractivity contribution in [1.29, 1.82) is 0 Å². The molecule has 0 bridgehead atoms. The lowest BCUT2D eigenvalue weighted by atomic mass is 9.96. The molecule has 1 aliphatic heterocycles. The first-order chi connectivity index (χ1) is 5.04. The molecule has 2 atom stereocenters. The van der Waals surface area contributed by atoms with E-state index in [1.165, 1.54) is 0 Å². The van der Waals surface area contributed by atoms with Gasteiger partial charge in [0.15, 0.2) is 6.29 Å². The topological polar surface area (TPSA) is 38.7 Å². The molecule has 0 radical (unpaired) electrons.